The van der Waals surface area contributed by atoms with Gasteiger partial charge in [0.05, 0.1) is 18.0 Å². The lowest BCUT2D eigenvalue weighted by molar-refractivity contribution is -0.386. The lowest BCUT2D eigenvalue weighted by Crippen LogP contribution is -2.56. The molecular formula is C11H10NO7-. The topological polar surface area (TPSA) is 119 Å². The van der Waals surface area contributed by atoms with Gasteiger partial charge in [0.15, 0.2) is 5.75 Å². The highest BCUT2D eigenvalue weighted by molar-refractivity contribution is 6.01. The van der Waals surface area contributed by atoms with Crippen molar-refractivity contribution < 1.29 is 29.1 Å². The lowest BCUT2D eigenvalue weighted by atomic mass is 10.1. The van der Waals surface area contributed by atoms with Gasteiger partial charge in [-0.2, -0.15) is 0 Å². The Morgan fingerprint density at radius 1 is 1.32 bits per heavy atom. The fourth-order valence-corrected chi connectivity index (χ4v) is 1.28. The first-order valence-electron chi connectivity index (χ1n) is 5.05. The molecule has 0 aliphatic heterocycles. The summed E-state index contributed by atoms with van der Waals surface area (Å²) >= 11 is 0. The number of rotatable bonds is 5. The summed E-state index contributed by atoms with van der Waals surface area (Å²) in [7, 11) is 0.965. The van der Waals surface area contributed by atoms with Gasteiger partial charge in [0.2, 0.25) is 5.60 Å². The van der Waals surface area contributed by atoms with Crippen molar-refractivity contribution in [1.29, 1.82) is 0 Å². The van der Waals surface area contributed by atoms with Crippen molar-refractivity contribution in [2.45, 2.75) is 12.5 Å². The molecule has 0 N–H and O–H groups in total. The second-order valence-electron chi connectivity index (χ2n) is 3.64. The van der Waals surface area contributed by atoms with E-state index in [9.17, 15) is 24.8 Å². The van der Waals surface area contributed by atoms with Crippen LogP contribution in [0.1, 0.15) is 6.92 Å². The minimum Gasteiger partial charge on any atom is -0.545 e. The van der Waals surface area contributed by atoms with Crippen molar-refractivity contribution in [2.24, 2.45) is 0 Å². The smallest absolute Gasteiger partial charge is 0.356 e. The van der Waals surface area contributed by atoms with E-state index >= 15 is 0 Å². The second-order valence-corrected chi connectivity index (χ2v) is 3.64. The number of nitrogens with zero attached hydrogens (tertiary/aromatic N) is 1. The van der Waals surface area contributed by atoms with Gasteiger partial charge < -0.3 is 19.4 Å². The number of nitro benzene ring substituents is 1. The number of carboxylic acids is 1. The van der Waals surface area contributed by atoms with Crippen molar-refractivity contribution in [1.82, 2.24) is 0 Å². The van der Waals surface area contributed by atoms with Gasteiger partial charge >= 0.3 is 11.7 Å². The summed E-state index contributed by atoms with van der Waals surface area (Å²) in [6, 6.07) is 5.05. The number of hydrogen-bond acceptors (Lipinski definition) is 7. The van der Waals surface area contributed by atoms with E-state index in [2.05, 4.69) is 4.74 Å². The number of benzene rings is 1. The Morgan fingerprint density at radius 3 is 2.37 bits per heavy atom. The summed E-state index contributed by atoms with van der Waals surface area (Å²) in [6.45, 7) is 0.894. The highest BCUT2D eigenvalue weighted by Gasteiger charge is 2.40. The molecule has 0 bridgehead atoms. The van der Waals surface area contributed by atoms with Gasteiger partial charge in [0.25, 0.3) is 0 Å². The van der Waals surface area contributed by atoms with Crippen LogP contribution >= 0.6 is 0 Å². The highest BCUT2D eigenvalue weighted by Crippen LogP contribution is 2.29. The van der Waals surface area contributed by atoms with E-state index in [4.69, 9.17) is 4.74 Å². The molecule has 8 nitrogen and oxygen atoms in total. The van der Waals surface area contributed by atoms with Gasteiger partial charge in [-0.25, -0.2) is 4.79 Å². The Labute approximate surface area is 107 Å². The summed E-state index contributed by atoms with van der Waals surface area (Å²) in [5, 5.41) is 21.8. The minimum absolute atomic E-state index is 0.371. The van der Waals surface area contributed by atoms with E-state index in [1.807, 2.05) is 0 Å². The van der Waals surface area contributed by atoms with E-state index in [1.165, 1.54) is 18.2 Å². The molecule has 0 amide bonds. The molecule has 0 aromatic heterocycles. The number of aliphatic carboxylic acids is 1. The van der Waals surface area contributed by atoms with Gasteiger partial charge in [-0.05, 0) is 13.0 Å². The molecular weight excluding hydrogens is 258 g/mol. The molecule has 0 aliphatic carbocycles. The van der Waals surface area contributed by atoms with Gasteiger partial charge in [-0.3, -0.25) is 10.1 Å². The normalized spacial score (nSPS) is 13.2. The summed E-state index contributed by atoms with van der Waals surface area (Å²) in [5.41, 5.74) is -2.94. The quantitative estimate of drug-likeness (QED) is 0.310. The number of ether oxygens (including phenoxy) is 2. The predicted octanol–water partition coefficient (Wildman–Crippen LogP) is -0.345. The van der Waals surface area contributed by atoms with Crippen LogP contribution < -0.4 is 9.84 Å². The highest BCUT2D eigenvalue weighted by atomic mass is 16.6. The zero-order valence-corrected chi connectivity index (χ0v) is 10.1. The van der Waals surface area contributed by atoms with E-state index in [0.717, 1.165) is 20.1 Å². The third-order valence-corrected chi connectivity index (χ3v) is 2.34. The number of nitro groups is 1. The van der Waals surface area contributed by atoms with Crippen LogP contribution in [0.2, 0.25) is 0 Å². The number of carboxylic acid groups (broad SMARTS) is 1. The molecule has 0 saturated heterocycles. The van der Waals surface area contributed by atoms with Gasteiger partial charge in [0, 0.05) is 6.07 Å². The molecule has 19 heavy (non-hydrogen) atoms. The van der Waals surface area contributed by atoms with Crippen molar-refractivity contribution in [3.05, 3.63) is 34.4 Å². The monoisotopic (exact) mass is 268 g/mol. The van der Waals surface area contributed by atoms with E-state index < -0.39 is 28.2 Å². The summed E-state index contributed by atoms with van der Waals surface area (Å²) in [6.07, 6.45) is 0. The largest absolute Gasteiger partial charge is 0.545 e. The average Bonchev–Trinajstić information content (AvgIpc) is 2.37. The van der Waals surface area contributed by atoms with E-state index in [-0.39, 0.29) is 5.75 Å². The fourth-order valence-electron chi connectivity index (χ4n) is 1.28. The van der Waals surface area contributed by atoms with Gasteiger partial charge in [-0.1, -0.05) is 12.1 Å². The van der Waals surface area contributed by atoms with Crippen LogP contribution in [0.5, 0.6) is 5.75 Å². The van der Waals surface area contributed by atoms with E-state index in [1.54, 1.807) is 0 Å². The van der Waals surface area contributed by atoms with Crippen molar-refractivity contribution in [3.63, 3.8) is 0 Å². The average molecular weight is 268 g/mol. The zero-order chi connectivity index (χ0) is 14.6. The van der Waals surface area contributed by atoms with Crippen LogP contribution in [0.15, 0.2) is 24.3 Å². The first-order valence-corrected chi connectivity index (χ1v) is 5.05. The molecule has 0 heterocycles. The predicted molar refractivity (Wildman–Crippen MR) is 59.2 cm³/mol. The number of methoxy groups -OCH3 is 1. The molecule has 1 aromatic carbocycles. The van der Waals surface area contributed by atoms with Gasteiger partial charge in [-0.15, -0.1) is 0 Å². The molecule has 1 aromatic rings. The molecule has 8 heteroatoms. The fraction of sp³-hybridized carbons (Fsp3) is 0.273. The Kier molecular flexibility index (Phi) is 4.05. The third kappa shape index (κ3) is 2.79. The van der Waals surface area contributed by atoms with Crippen LogP contribution in [0.25, 0.3) is 0 Å². The molecule has 1 atom stereocenters. The number of carbonyl (C=O) groups is 2. The van der Waals surface area contributed by atoms with Crippen LogP contribution in [-0.4, -0.2) is 29.6 Å². The molecule has 1 rings (SSSR count). The molecule has 0 aliphatic rings. The minimum atomic E-state index is -2.47. The molecule has 0 saturated carbocycles. The second kappa shape index (κ2) is 5.34. The van der Waals surface area contributed by atoms with E-state index in [0.29, 0.717) is 0 Å². The van der Waals surface area contributed by atoms with Crippen molar-refractivity contribution >= 4 is 17.6 Å². The number of hydrogen-bond donors (Lipinski definition) is 0. The van der Waals surface area contributed by atoms with Crippen LogP contribution in [0.3, 0.4) is 0 Å². The van der Waals surface area contributed by atoms with Crippen LogP contribution in [0.4, 0.5) is 5.69 Å². The Morgan fingerprint density at radius 2 is 1.89 bits per heavy atom. The summed E-state index contributed by atoms with van der Waals surface area (Å²) < 4.78 is 9.22. The molecule has 0 radical (unpaired) electrons. The van der Waals surface area contributed by atoms with Crippen LogP contribution in [-0.2, 0) is 14.3 Å². The molecule has 0 fully saturated rings. The first kappa shape index (κ1) is 14.4. The molecule has 0 spiro atoms. The maximum Gasteiger partial charge on any atom is 0.356 e. The number of para-hydroxylation sites is 2. The molecule has 102 valence electrons. The van der Waals surface area contributed by atoms with Crippen molar-refractivity contribution in [2.75, 3.05) is 7.11 Å². The number of carbonyl (C=O) groups excluding carboxylic acids is 2. The Balaban J connectivity index is 3.22. The standard InChI is InChI=1S/C11H11NO7/c1-11(9(13)14,10(15)18-2)19-8-6-4-3-5-7(8)12(16)17/h3-6H,1-2H3,(H,13,14)/p-1/t11-/m1/s1. The van der Waals surface area contributed by atoms with Crippen LogP contribution in [0, 0.1) is 10.1 Å². The summed E-state index contributed by atoms with van der Waals surface area (Å²) in [4.78, 5) is 32.4. The third-order valence-electron chi connectivity index (χ3n) is 2.34. The first-order chi connectivity index (χ1) is 8.82. The Bertz CT molecular complexity index is 528. The SMILES string of the molecule is COC(=O)[C@](C)(Oc1ccccc1[N+](=O)[O-])C(=O)[O-]. The number of esters is 1. The van der Waals surface area contributed by atoms with Crippen molar-refractivity contribution in [3.8, 4) is 5.75 Å². The van der Waals surface area contributed by atoms with Gasteiger partial charge in [0.1, 0.15) is 0 Å². The maximum absolute atomic E-state index is 11.4. The summed E-state index contributed by atoms with van der Waals surface area (Å²) in [5.74, 6) is -3.47. The maximum atomic E-state index is 11.4. The Hall–Kier alpha value is -2.64. The zero-order valence-electron chi connectivity index (χ0n) is 10.1. The lowest BCUT2D eigenvalue weighted by Gasteiger charge is -2.28. The molecule has 0 unspecified atom stereocenters.